The van der Waals surface area contributed by atoms with Crippen molar-refractivity contribution in [1.29, 1.82) is 0 Å². The van der Waals surface area contributed by atoms with Crippen LogP contribution in [0.1, 0.15) is 18.4 Å². The first-order valence-corrected chi connectivity index (χ1v) is 9.54. The van der Waals surface area contributed by atoms with Crippen LogP contribution in [0.25, 0.3) is 0 Å². The van der Waals surface area contributed by atoms with Crippen LogP contribution in [0.4, 0.5) is 10.1 Å². The lowest BCUT2D eigenvalue weighted by Gasteiger charge is -2.07. The number of aromatic nitrogens is 1. The summed E-state index contributed by atoms with van der Waals surface area (Å²) in [6, 6.07) is 6.43. The molecule has 134 valence electrons. The van der Waals surface area contributed by atoms with Gasteiger partial charge in [-0.25, -0.2) is 18.1 Å². The number of hydrogen-bond donors (Lipinski definition) is 2. The normalized spacial score (nSPS) is 11.2. The maximum atomic E-state index is 12.1. The Balaban J connectivity index is 1.77. The average Bonchev–Trinajstić information content (AvgIpc) is 3.01. The van der Waals surface area contributed by atoms with Gasteiger partial charge in [0.15, 0.2) is 5.13 Å². The van der Waals surface area contributed by atoms with Gasteiger partial charge in [0, 0.05) is 13.0 Å². The predicted molar refractivity (Wildman–Crippen MR) is 93.0 cm³/mol. The van der Waals surface area contributed by atoms with Crippen LogP contribution in [0.3, 0.4) is 0 Å². The number of carbonyl (C=O) groups is 1. The van der Waals surface area contributed by atoms with E-state index in [9.17, 15) is 23.3 Å². The third-order valence-electron chi connectivity index (χ3n) is 3.12. The molecule has 2 aromatic rings. The Morgan fingerprint density at radius 1 is 1.32 bits per heavy atom. The summed E-state index contributed by atoms with van der Waals surface area (Å²) in [5.41, 5.74) is 0.957. The third-order valence-corrected chi connectivity index (χ3v) is 5.47. The number of nitro groups is 1. The molecular formula is C14H16N4O5S2. The topological polar surface area (TPSA) is 131 Å². The summed E-state index contributed by atoms with van der Waals surface area (Å²) in [4.78, 5) is 25.6. The van der Waals surface area contributed by atoms with E-state index in [-0.39, 0.29) is 34.4 Å². The lowest BCUT2D eigenvalue weighted by Crippen LogP contribution is -2.25. The SMILES string of the molecule is Cc1ccc(S(=O)(=O)NCCCC(=O)Nc2ncc([N+](=O)[O-])s2)cc1. The Morgan fingerprint density at radius 3 is 2.60 bits per heavy atom. The number of sulfonamides is 1. The van der Waals surface area contributed by atoms with Gasteiger partial charge in [0.25, 0.3) is 0 Å². The van der Waals surface area contributed by atoms with E-state index >= 15 is 0 Å². The molecule has 0 bridgehead atoms. The molecule has 0 atom stereocenters. The van der Waals surface area contributed by atoms with Crippen molar-refractivity contribution in [3.63, 3.8) is 0 Å². The van der Waals surface area contributed by atoms with Crippen LogP contribution in [-0.4, -0.2) is 30.8 Å². The maximum absolute atomic E-state index is 12.1. The Hall–Kier alpha value is -2.37. The molecule has 25 heavy (non-hydrogen) atoms. The van der Waals surface area contributed by atoms with Crippen molar-refractivity contribution in [2.24, 2.45) is 0 Å². The molecule has 0 spiro atoms. The predicted octanol–water partition coefficient (Wildman–Crippen LogP) is 2.06. The van der Waals surface area contributed by atoms with Gasteiger partial charge in [-0.05, 0) is 36.8 Å². The highest BCUT2D eigenvalue weighted by Crippen LogP contribution is 2.24. The minimum atomic E-state index is -3.61. The van der Waals surface area contributed by atoms with Gasteiger partial charge in [0.1, 0.15) is 6.20 Å². The molecule has 2 N–H and O–H groups in total. The van der Waals surface area contributed by atoms with E-state index in [2.05, 4.69) is 15.0 Å². The summed E-state index contributed by atoms with van der Waals surface area (Å²) in [5, 5.41) is 12.9. The Morgan fingerprint density at radius 2 is 2.00 bits per heavy atom. The Labute approximate surface area is 148 Å². The van der Waals surface area contributed by atoms with Crippen molar-refractivity contribution in [2.75, 3.05) is 11.9 Å². The smallest absolute Gasteiger partial charge is 0.302 e. The fourth-order valence-electron chi connectivity index (χ4n) is 1.85. The first kappa shape index (κ1) is 19.0. The van der Waals surface area contributed by atoms with Crippen molar-refractivity contribution in [3.8, 4) is 0 Å². The van der Waals surface area contributed by atoms with Gasteiger partial charge < -0.3 is 5.32 Å². The molecule has 2 rings (SSSR count). The summed E-state index contributed by atoms with van der Waals surface area (Å²) >= 11 is 0.758. The van der Waals surface area contributed by atoms with Crippen molar-refractivity contribution in [3.05, 3.63) is 46.1 Å². The quantitative estimate of drug-likeness (QED) is 0.407. The van der Waals surface area contributed by atoms with Gasteiger partial charge in [-0.3, -0.25) is 14.9 Å². The number of nitrogens with one attached hydrogen (secondary N) is 2. The monoisotopic (exact) mass is 384 g/mol. The summed E-state index contributed by atoms with van der Waals surface area (Å²) in [7, 11) is -3.61. The van der Waals surface area contributed by atoms with E-state index in [0.29, 0.717) is 0 Å². The molecule has 0 fully saturated rings. The average molecular weight is 384 g/mol. The van der Waals surface area contributed by atoms with E-state index < -0.39 is 20.9 Å². The second-order valence-corrected chi connectivity index (χ2v) is 7.90. The van der Waals surface area contributed by atoms with Crippen molar-refractivity contribution in [2.45, 2.75) is 24.7 Å². The second-order valence-electron chi connectivity index (χ2n) is 5.12. The molecule has 11 heteroatoms. The maximum Gasteiger partial charge on any atom is 0.345 e. The Bertz CT molecular complexity index is 862. The zero-order chi connectivity index (χ0) is 18.4. The van der Waals surface area contributed by atoms with Gasteiger partial charge >= 0.3 is 5.00 Å². The largest absolute Gasteiger partial charge is 0.345 e. The van der Waals surface area contributed by atoms with Crippen molar-refractivity contribution < 1.29 is 18.1 Å². The number of thiazole rings is 1. The number of hydrogen-bond acceptors (Lipinski definition) is 7. The van der Waals surface area contributed by atoms with E-state index in [1.165, 1.54) is 12.1 Å². The molecule has 0 radical (unpaired) electrons. The van der Waals surface area contributed by atoms with Gasteiger partial charge in [-0.15, -0.1) is 0 Å². The fourth-order valence-corrected chi connectivity index (χ4v) is 3.57. The van der Waals surface area contributed by atoms with Crippen LogP contribution in [0.5, 0.6) is 0 Å². The Kier molecular flexibility index (Phi) is 6.17. The van der Waals surface area contributed by atoms with E-state index in [1.54, 1.807) is 12.1 Å². The van der Waals surface area contributed by atoms with Crippen LogP contribution in [0.15, 0.2) is 35.4 Å². The minimum Gasteiger partial charge on any atom is -0.302 e. The molecule has 1 aromatic heterocycles. The molecular weight excluding hydrogens is 368 g/mol. The summed E-state index contributed by atoms with van der Waals surface area (Å²) in [6.45, 7) is 1.96. The molecule has 0 aliphatic rings. The van der Waals surface area contributed by atoms with Gasteiger partial charge in [0.05, 0.1) is 9.82 Å². The van der Waals surface area contributed by atoms with Crippen LogP contribution >= 0.6 is 11.3 Å². The van der Waals surface area contributed by atoms with E-state index in [0.717, 1.165) is 23.1 Å². The molecule has 0 unspecified atom stereocenters. The highest BCUT2D eigenvalue weighted by Gasteiger charge is 2.15. The number of benzene rings is 1. The van der Waals surface area contributed by atoms with Crippen LogP contribution in [0, 0.1) is 17.0 Å². The number of amides is 1. The molecule has 0 aliphatic heterocycles. The molecule has 1 amide bonds. The lowest BCUT2D eigenvalue weighted by molar-refractivity contribution is -0.380. The zero-order valence-corrected chi connectivity index (χ0v) is 14.9. The van der Waals surface area contributed by atoms with Gasteiger partial charge in [0.2, 0.25) is 15.9 Å². The molecule has 1 aromatic carbocycles. The number of anilines is 1. The van der Waals surface area contributed by atoms with Crippen LogP contribution in [-0.2, 0) is 14.8 Å². The summed E-state index contributed by atoms with van der Waals surface area (Å²) < 4.78 is 26.5. The molecule has 0 aliphatic carbocycles. The first-order chi connectivity index (χ1) is 11.8. The van der Waals surface area contributed by atoms with Gasteiger partial charge in [-0.1, -0.05) is 17.7 Å². The van der Waals surface area contributed by atoms with E-state index in [1.807, 2.05) is 6.92 Å². The van der Waals surface area contributed by atoms with Crippen LogP contribution in [0.2, 0.25) is 0 Å². The van der Waals surface area contributed by atoms with Crippen LogP contribution < -0.4 is 10.0 Å². The first-order valence-electron chi connectivity index (χ1n) is 7.24. The highest BCUT2D eigenvalue weighted by atomic mass is 32.2. The highest BCUT2D eigenvalue weighted by molar-refractivity contribution is 7.89. The molecule has 9 nitrogen and oxygen atoms in total. The number of aryl methyl sites for hydroxylation is 1. The van der Waals surface area contributed by atoms with Crippen molar-refractivity contribution in [1.82, 2.24) is 9.71 Å². The molecule has 0 saturated carbocycles. The summed E-state index contributed by atoms with van der Waals surface area (Å²) in [6.07, 6.45) is 1.41. The van der Waals surface area contributed by atoms with E-state index in [4.69, 9.17) is 0 Å². The standard InChI is InChI=1S/C14H16N4O5S2/c1-10-4-6-11(7-5-10)25(22,23)16-8-2-3-12(19)17-14-15-9-13(24-14)18(20)21/h4-7,9,16H,2-3,8H2,1H3,(H,15,17,19). The third kappa shape index (κ3) is 5.59. The zero-order valence-electron chi connectivity index (χ0n) is 13.3. The molecule has 0 saturated heterocycles. The fraction of sp³-hybridized carbons (Fsp3) is 0.286. The number of carbonyl (C=O) groups excluding carboxylic acids is 1. The minimum absolute atomic E-state index is 0.0593. The number of rotatable bonds is 8. The summed E-state index contributed by atoms with van der Waals surface area (Å²) in [5.74, 6) is -0.390. The molecule has 1 heterocycles. The number of nitrogens with zero attached hydrogens (tertiary/aromatic N) is 2. The second kappa shape index (κ2) is 8.14. The van der Waals surface area contributed by atoms with Gasteiger partial charge in [-0.2, -0.15) is 0 Å². The van der Waals surface area contributed by atoms with Crippen molar-refractivity contribution >= 4 is 37.4 Å². The lowest BCUT2D eigenvalue weighted by atomic mass is 10.2.